The van der Waals surface area contributed by atoms with Crippen molar-refractivity contribution in [2.75, 3.05) is 38.7 Å². The summed E-state index contributed by atoms with van der Waals surface area (Å²) in [7, 11) is 1.70. The van der Waals surface area contributed by atoms with Gasteiger partial charge in [-0.05, 0) is 77.1 Å². The molecular formula is C28H37N3O3. The maximum Gasteiger partial charge on any atom is 0.163 e. The Morgan fingerprint density at radius 1 is 1.06 bits per heavy atom. The highest BCUT2D eigenvalue weighted by Gasteiger charge is 2.29. The second-order valence-corrected chi connectivity index (χ2v) is 10.2. The van der Waals surface area contributed by atoms with Gasteiger partial charge in [-0.3, -0.25) is 0 Å². The first-order chi connectivity index (χ1) is 16.5. The van der Waals surface area contributed by atoms with Crippen molar-refractivity contribution in [1.82, 2.24) is 9.88 Å². The molecule has 0 radical (unpaired) electrons. The van der Waals surface area contributed by atoms with E-state index >= 15 is 0 Å². The van der Waals surface area contributed by atoms with Crippen LogP contribution in [0, 0.1) is 0 Å². The minimum absolute atomic E-state index is 0.321. The Kier molecular flexibility index (Phi) is 6.79. The molecule has 1 saturated heterocycles. The summed E-state index contributed by atoms with van der Waals surface area (Å²) in [6.45, 7) is 6.12. The van der Waals surface area contributed by atoms with Gasteiger partial charge in [0.15, 0.2) is 11.5 Å². The molecule has 6 nitrogen and oxygen atoms in total. The van der Waals surface area contributed by atoms with E-state index < -0.39 is 5.60 Å². The number of anilines is 1. The number of fused-ring (bicyclic) bond motifs is 2. The maximum atomic E-state index is 10.4. The summed E-state index contributed by atoms with van der Waals surface area (Å²) in [6.07, 6.45) is 7.14. The number of methoxy groups -OCH3 is 1. The second-order valence-electron chi connectivity index (χ2n) is 10.2. The third kappa shape index (κ3) is 5.08. The first kappa shape index (κ1) is 23.2. The molecular weight excluding hydrogens is 426 g/mol. The van der Waals surface area contributed by atoms with Gasteiger partial charge in [0.05, 0.1) is 36.0 Å². The molecule has 0 unspecified atom stereocenters. The first-order valence-corrected chi connectivity index (χ1v) is 12.8. The quantitative estimate of drug-likeness (QED) is 0.346. The summed E-state index contributed by atoms with van der Waals surface area (Å²) in [5, 5.41) is 16.3. The number of nitrogens with one attached hydrogen (secondary N) is 1. The summed E-state index contributed by atoms with van der Waals surface area (Å²) >= 11 is 0. The third-order valence-corrected chi connectivity index (χ3v) is 7.45. The monoisotopic (exact) mass is 463 g/mol. The molecule has 5 rings (SSSR count). The number of aromatic nitrogens is 1. The number of ether oxygens (including phenoxy) is 2. The van der Waals surface area contributed by atoms with Crippen LogP contribution in [0.25, 0.3) is 21.8 Å². The van der Waals surface area contributed by atoms with Crippen molar-refractivity contribution in [3.8, 4) is 11.5 Å². The Morgan fingerprint density at radius 2 is 1.82 bits per heavy atom. The van der Waals surface area contributed by atoms with Gasteiger partial charge in [-0.25, -0.2) is 4.98 Å². The number of likely N-dealkylation sites (tertiary alicyclic amines) is 1. The number of nitrogens with zero attached hydrogens (tertiary/aromatic N) is 2. The van der Waals surface area contributed by atoms with Gasteiger partial charge < -0.3 is 24.8 Å². The van der Waals surface area contributed by atoms with Crippen molar-refractivity contribution in [2.45, 2.75) is 63.5 Å². The Bertz CT molecular complexity index is 1130. The van der Waals surface area contributed by atoms with Crippen LogP contribution in [0.15, 0.2) is 36.4 Å². The van der Waals surface area contributed by atoms with Crippen molar-refractivity contribution in [2.24, 2.45) is 0 Å². The highest BCUT2D eigenvalue weighted by Crippen LogP contribution is 2.40. The predicted octanol–water partition coefficient (Wildman–Crippen LogP) is 5.37. The van der Waals surface area contributed by atoms with Crippen molar-refractivity contribution in [1.29, 1.82) is 0 Å². The van der Waals surface area contributed by atoms with E-state index in [1.807, 2.05) is 19.1 Å². The minimum atomic E-state index is -0.551. The molecule has 1 aromatic heterocycles. The highest BCUT2D eigenvalue weighted by molar-refractivity contribution is 6.08. The number of aliphatic hydroxyl groups is 1. The Balaban J connectivity index is 1.42. The lowest BCUT2D eigenvalue weighted by Gasteiger charge is -2.34. The summed E-state index contributed by atoms with van der Waals surface area (Å²) in [5.74, 6) is 1.49. The van der Waals surface area contributed by atoms with Crippen LogP contribution in [0.2, 0.25) is 0 Å². The molecule has 0 bridgehead atoms. The summed E-state index contributed by atoms with van der Waals surface area (Å²) in [6, 6.07) is 12.7. The van der Waals surface area contributed by atoms with Crippen LogP contribution in [-0.4, -0.2) is 60.0 Å². The van der Waals surface area contributed by atoms with Crippen molar-refractivity contribution in [3.05, 3.63) is 36.4 Å². The number of hydrogen-bond donors (Lipinski definition) is 2. The lowest BCUT2D eigenvalue weighted by atomic mass is 9.83. The number of benzene rings is 2. The lowest BCUT2D eigenvalue weighted by molar-refractivity contribution is 0.0196. The third-order valence-electron chi connectivity index (χ3n) is 7.45. The van der Waals surface area contributed by atoms with Gasteiger partial charge in [-0.1, -0.05) is 18.2 Å². The summed E-state index contributed by atoms with van der Waals surface area (Å²) < 4.78 is 11.9. The van der Waals surface area contributed by atoms with Gasteiger partial charge in [-0.15, -0.1) is 0 Å². The Labute approximate surface area is 202 Å². The molecule has 1 saturated carbocycles. The molecule has 0 amide bonds. The zero-order valence-electron chi connectivity index (χ0n) is 20.5. The van der Waals surface area contributed by atoms with E-state index in [9.17, 15) is 5.11 Å². The van der Waals surface area contributed by atoms with Crippen LogP contribution in [-0.2, 0) is 0 Å². The maximum absolute atomic E-state index is 10.4. The van der Waals surface area contributed by atoms with E-state index in [1.165, 1.54) is 25.9 Å². The van der Waals surface area contributed by atoms with Gasteiger partial charge >= 0.3 is 0 Å². The van der Waals surface area contributed by atoms with Gasteiger partial charge in [-0.2, -0.15) is 0 Å². The Hall–Kier alpha value is -2.57. The number of para-hydroxylation sites is 1. The van der Waals surface area contributed by atoms with E-state index in [4.69, 9.17) is 14.5 Å². The number of rotatable bonds is 8. The van der Waals surface area contributed by atoms with Crippen molar-refractivity contribution >= 4 is 27.5 Å². The molecule has 0 spiro atoms. The molecule has 2 fully saturated rings. The molecule has 1 aliphatic carbocycles. The fraction of sp³-hybridized carbons (Fsp3) is 0.536. The standard InChI is InChI=1S/C28H37N3O3/c1-28(32)12-10-20(11-13-28)29-27-21-8-3-4-9-23(21)30-24-19-26(25(33-2)18-22(24)27)34-17-7-16-31-14-5-6-15-31/h3-4,8-9,18-20,32H,5-7,10-17H2,1-2H3,(H,29,30). The zero-order chi connectivity index (χ0) is 23.5. The molecule has 6 heteroatoms. The molecule has 0 atom stereocenters. The van der Waals surface area contributed by atoms with E-state index in [-0.39, 0.29) is 0 Å². The average molecular weight is 464 g/mol. The first-order valence-electron chi connectivity index (χ1n) is 12.8. The predicted molar refractivity (Wildman–Crippen MR) is 138 cm³/mol. The van der Waals surface area contributed by atoms with Crippen LogP contribution < -0.4 is 14.8 Å². The smallest absolute Gasteiger partial charge is 0.163 e. The topological polar surface area (TPSA) is 66.8 Å². The molecule has 2 aliphatic rings. The Morgan fingerprint density at radius 3 is 2.59 bits per heavy atom. The normalized spacial score (nSPS) is 23.4. The molecule has 34 heavy (non-hydrogen) atoms. The average Bonchev–Trinajstić information content (AvgIpc) is 3.36. The number of hydrogen-bond acceptors (Lipinski definition) is 6. The zero-order valence-corrected chi connectivity index (χ0v) is 20.5. The largest absolute Gasteiger partial charge is 0.493 e. The van der Waals surface area contributed by atoms with Crippen molar-refractivity contribution in [3.63, 3.8) is 0 Å². The molecule has 2 aromatic carbocycles. The minimum Gasteiger partial charge on any atom is -0.493 e. The summed E-state index contributed by atoms with van der Waals surface area (Å²) in [5.41, 5.74) is 2.40. The summed E-state index contributed by atoms with van der Waals surface area (Å²) in [4.78, 5) is 7.47. The van der Waals surface area contributed by atoms with Gasteiger partial charge in [0, 0.05) is 29.4 Å². The van der Waals surface area contributed by atoms with E-state index in [2.05, 4.69) is 34.5 Å². The van der Waals surface area contributed by atoms with Crippen LogP contribution in [0.1, 0.15) is 51.9 Å². The van der Waals surface area contributed by atoms with Gasteiger partial charge in [0.2, 0.25) is 0 Å². The molecule has 182 valence electrons. The SMILES string of the molecule is COc1cc2c(NC3CCC(C)(O)CC3)c3ccccc3nc2cc1OCCCN1CCCC1. The van der Waals surface area contributed by atoms with Crippen LogP contribution in [0.3, 0.4) is 0 Å². The fourth-order valence-corrected chi connectivity index (χ4v) is 5.39. The van der Waals surface area contributed by atoms with E-state index in [0.29, 0.717) is 12.6 Å². The highest BCUT2D eigenvalue weighted by atomic mass is 16.5. The van der Waals surface area contributed by atoms with Crippen LogP contribution in [0.4, 0.5) is 5.69 Å². The van der Waals surface area contributed by atoms with Gasteiger partial charge in [0.1, 0.15) is 0 Å². The van der Waals surface area contributed by atoms with Crippen molar-refractivity contribution < 1.29 is 14.6 Å². The molecule has 2 heterocycles. The van der Waals surface area contributed by atoms with Gasteiger partial charge in [0.25, 0.3) is 0 Å². The molecule has 2 N–H and O–H groups in total. The van der Waals surface area contributed by atoms with E-state index in [1.54, 1.807) is 7.11 Å². The molecule has 1 aliphatic heterocycles. The van der Waals surface area contributed by atoms with Crippen LogP contribution >= 0.6 is 0 Å². The lowest BCUT2D eigenvalue weighted by Crippen LogP contribution is -2.35. The van der Waals surface area contributed by atoms with Crippen LogP contribution in [0.5, 0.6) is 11.5 Å². The van der Waals surface area contributed by atoms with E-state index in [0.717, 1.165) is 77.6 Å². The second kappa shape index (κ2) is 9.96. The number of pyridine rings is 1. The fourth-order valence-electron chi connectivity index (χ4n) is 5.39. The molecule has 3 aromatic rings.